The number of rotatable bonds is 3. The van der Waals surface area contributed by atoms with Crippen LogP contribution in [0, 0.1) is 0 Å². The predicted octanol–water partition coefficient (Wildman–Crippen LogP) is 1.76. The van der Waals surface area contributed by atoms with E-state index in [0.717, 1.165) is 5.56 Å². The van der Waals surface area contributed by atoms with E-state index in [1.165, 1.54) is 0 Å². The van der Waals surface area contributed by atoms with E-state index in [2.05, 4.69) is 10.2 Å². The van der Waals surface area contributed by atoms with Crippen LogP contribution in [0.25, 0.3) is 11.3 Å². The lowest BCUT2D eigenvalue weighted by Gasteiger charge is -2.34. The van der Waals surface area contributed by atoms with Crippen LogP contribution in [0.15, 0.2) is 36.4 Å². The number of carbonyl (C=O) groups is 2. The Bertz CT molecular complexity index is 638. The molecule has 0 saturated heterocycles. The van der Waals surface area contributed by atoms with E-state index in [9.17, 15) is 14.7 Å². The third-order valence-electron chi connectivity index (χ3n) is 3.57. The molecule has 5 heteroatoms. The minimum Gasteiger partial charge on any atom is -0.481 e. The van der Waals surface area contributed by atoms with Crippen LogP contribution in [-0.2, 0) is 15.0 Å². The molecule has 1 aliphatic rings. The molecule has 0 amide bonds. The molecule has 0 spiro atoms. The summed E-state index contributed by atoms with van der Waals surface area (Å²) < 4.78 is 0. The van der Waals surface area contributed by atoms with Gasteiger partial charge in [-0.2, -0.15) is 5.10 Å². The Kier molecular flexibility index (Phi) is 2.48. The number of hydrogen-bond donors (Lipinski definition) is 2. The second-order valence-corrected chi connectivity index (χ2v) is 4.81. The second kappa shape index (κ2) is 4.05. The Morgan fingerprint density at radius 2 is 1.95 bits per heavy atom. The van der Waals surface area contributed by atoms with Crippen LogP contribution in [0.2, 0.25) is 0 Å². The molecule has 3 rings (SSSR count). The number of carbonyl (C=O) groups excluding carboxylic acids is 1. The van der Waals surface area contributed by atoms with Crippen LogP contribution in [0.1, 0.15) is 18.5 Å². The van der Waals surface area contributed by atoms with Crippen molar-refractivity contribution in [3.05, 3.63) is 42.1 Å². The highest BCUT2D eigenvalue weighted by atomic mass is 16.4. The van der Waals surface area contributed by atoms with Crippen LogP contribution >= 0.6 is 0 Å². The molecule has 0 unspecified atom stereocenters. The maximum atomic E-state index is 11.4. The lowest BCUT2D eigenvalue weighted by Crippen LogP contribution is -2.48. The van der Waals surface area contributed by atoms with Crippen molar-refractivity contribution in [1.29, 1.82) is 0 Å². The van der Waals surface area contributed by atoms with Gasteiger partial charge in [0.1, 0.15) is 11.2 Å². The number of aromatic nitrogens is 2. The van der Waals surface area contributed by atoms with Crippen molar-refractivity contribution < 1.29 is 14.7 Å². The maximum absolute atomic E-state index is 11.4. The number of carboxylic acids is 1. The van der Waals surface area contributed by atoms with E-state index >= 15 is 0 Å². The smallest absolute Gasteiger partial charge is 0.316 e. The summed E-state index contributed by atoms with van der Waals surface area (Å²) in [6, 6.07) is 11.2. The molecule has 1 aromatic carbocycles. The van der Waals surface area contributed by atoms with Gasteiger partial charge >= 0.3 is 5.97 Å². The van der Waals surface area contributed by atoms with E-state index in [1.807, 2.05) is 30.3 Å². The number of nitrogens with zero attached hydrogens (tertiary/aromatic N) is 1. The maximum Gasteiger partial charge on any atom is 0.316 e. The number of H-pyrrole nitrogens is 1. The second-order valence-electron chi connectivity index (χ2n) is 4.81. The van der Waals surface area contributed by atoms with Crippen molar-refractivity contribution in [2.75, 3.05) is 0 Å². The number of Topliss-reactive ketones (excluding diaryl/α,β-unsaturated/α-hetero) is 1. The third kappa shape index (κ3) is 1.74. The summed E-state index contributed by atoms with van der Waals surface area (Å²) in [5, 5.41) is 16.2. The molecular weight excluding hydrogens is 244 g/mol. The van der Waals surface area contributed by atoms with Gasteiger partial charge in [0.2, 0.25) is 0 Å². The first kappa shape index (κ1) is 11.6. The fourth-order valence-electron chi connectivity index (χ4n) is 2.40. The number of hydrogen-bond acceptors (Lipinski definition) is 3. The predicted molar refractivity (Wildman–Crippen MR) is 67.6 cm³/mol. The normalized spacial score (nSPS) is 16.9. The average molecular weight is 256 g/mol. The SMILES string of the molecule is O=C1CC(C(=O)O)(c2cc(-c3ccccc3)n[nH]2)C1. The van der Waals surface area contributed by atoms with Gasteiger partial charge in [-0.25, -0.2) is 0 Å². The topological polar surface area (TPSA) is 83.1 Å². The Labute approximate surface area is 109 Å². The fourth-order valence-corrected chi connectivity index (χ4v) is 2.40. The Morgan fingerprint density at radius 3 is 2.53 bits per heavy atom. The van der Waals surface area contributed by atoms with E-state index < -0.39 is 11.4 Å². The van der Waals surface area contributed by atoms with Gasteiger partial charge in [0.05, 0.1) is 11.4 Å². The monoisotopic (exact) mass is 256 g/mol. The molecule has 96 valence electrons. The molecule has 0 aliphatic heterocycles. The first-order chi connectivity index (χ1) is 9.12. The summed E-state index contributed by atoms with van der Waals surface area (Å²) in [6.45, 7) is 0. The number of carboxylic acid groups (broad SMARTS) is 1. The zero-order chi connectivity index (χ0) is 13.5. The van der Waals surface area contributed by atoms with Crippen molar-refractivity contribution in [3.63, 3.8) is 0 Å². The zero-order valence-electron chi connectivity index (χ0n) is 10.1. The van der Waals surface area contributed by atoms with E-state index in [4.69, 9.17) is 0 Å². The molecule has 0 radical (unpaired) electrons. The molecular formula is C14H12N2O3. The summed E-state index contributed by atoms with van der Waals surface area (Å²) in [7, 11) is 0. The van der Waals surface area contributed by atoms with Crippen molar-refractivity contribution in [2.24, 2.45) is 0 Å². The van der Waals surface area contributed by atoms with Gasteiger partial charge in [0.25, 0.3) is 0 Å². The molecule has 2 aromatic rings. The fraction of sp³-hybridized carbons (Fsp3) is 0.214. The van der Waals surface area contributed by atoms with Gasteiger partial charge in [-0.1, -0.05) is 30.3 Å². The van der Waals surface area contributed by atoms with Gasteiger partial charge in [0, 0.05) is 18.4 Å². The minimum absolute atomic E-state index is 0.0294. The zero-order valence-corrected chi connectivity index (χ0v) is 10.1. The Balaban J connectivity index is 1.98. The molecule has 19 heavy (non-hydrogen) atoms. The molecule has 1 aliphatic carbocycles. The van der Waals surface area contributed by atoms with Gasteiger partial charge in [0.15, 0.2) is 0 Å². The van der Waals surface area contributed by atoms with E-state index in [1.54, 1.807) is 6.07 Å². The van der Waals surface area contributed by atoms with Gasteiger partial charge in [-0.05, 0) is 6.07 Å². The van der Waals surface area contributed by atoms with Crippen molar-refractivity contribution >= 4 is 11.8 Å². The average Bonchev–Trinajstić information content (AvgIpc) is 2.85. The molecule has 1 saturated carbocycles. The van der Waals surface area contributed by atoms with Crippen LogP contribution in [0.3, 0.4) is 0 Å². The number of nitrogens with one attached hydrogen (secondary N) is 1. The lowest BCUT2D eigenvalue weighted by molar-refractivity contribution is -0.153. The number of ketones is 1. The van der Waals surface area contributed by atoms with Crippen LogP contribution in [0.4, 0.5) is 0 Å². The summed E-state index contributed by atoms with van der Waals surface area (Å²) >= 11 is 0. The Hall–Kier alpha value is -2.43. The highest BCUT2D eigenvalue weighted by molar-refractivity contribution is 6.01. The molecule has 0 bridgehead atoms. The van der Waals surface area contributed by atoms with Gasteiger partial charge < -0.3 is 5.11 Å². The highest BCUT2D eigenvalue weighted by Crippen LogP contribution is 2.41. The van der Waals surface area contributed by atoms with Crippen molar-refractivity contribution in [1.82, 2.24) is 10.2 Å². The van der Waals surface area contributed by atoms with E-state index in [-0.39, 0.29) is 18.6 Å². The summed E-state index contributed by atoms with van der Waals surface area (Å²) in [5.74, 6) is -1.01. The first-order valence-corrected chi connectivity index (χ1v) is 5.98. The highest BCUT2D eigenvalue weighted by Gasteiger charge is 2.52. The van der Waals surface area contributed by atoms with Crippen LogP contribution < -0.4 is 0 Å². The van der Waals surface area contributed by atoms with Crippen LogP contribution in [0.5, 0.6) is 0 Å². The van der Waals surface area contributed by atoms with E-state index in [0.29, 0.717) is 11.4 Å². The summed E-state index contributed by atoms with van der Waals surface area (Å²) in [5.41, 5.74) is 0.988. The lowest BCUT2D eigenvalue weighted by atomic mass is 9.65. The van der Waals surface area contributed by atoms with Crippen molar-refractivity contribution in [2.45, 2.75) is 18.3 Å². The first-order valence-electron chi connectivity index (χ1n) is 5.98. The molecule has 5 nitrogen and oxygen atoms in total. The van der Waals surface area contributed by atoms with Crippen LogP contribution in [-0.4, -0.2) is 27.1 Å². The molecule has 1 heterocycles. The minimum atomic E-state index is -1.11. The molecule has 1 fully saturated rings. The molecule has 2 N–H and O–H groups in total. The summed E-state index contributed by atoms with van der Waals surface area (Å²) in [4.78, 5) is 22.6. The quantitative estimate of drug-likeness (QED) is 0.876. The summed E-state index contributed by atoms with van der Waals surface area (Å²) in [6.07, 6.45) is 0.0809. The number of aliphatic carboxylic acids is 1. The number of aromatic amines is 1. The third-order valence-corrected chi connectivity index (χ3v) is 3.57. The molecule has 1 aromatic heterocycles. The molecule has 0 atom stereocenters. The standard InChI is InChI=1S/C14H12N2O3/c17-10-7-14(8-10,13(18)19)12-6-11(15-16-12)9-4-2-1-3-5-9/h1-6H,7-8H2,(H,15,16)(H,18,19). The largest absolute Gasteiger partial charge is 0.481 e. The van der Waals surface area contributed by atoms with Crippen molar-refractivity contribution in [3.8, 4) is 11.3 Å². The Morgan fingerprint density at radius 1 is 1.26 bits per heavy atom. The van der Waals surface area contributed by atoms with Gasteiger partial charge in [-0.3, -0.25) is 14.7 Å². The number of benzene rings is 1. The van der Waals surface area contributed by atoms with Gasteiger partial charge in [-0.15, -0.1) is 0 Å².